The summed E-state index contributed by atoms with van der Waals surface area (Å²) in [6.45, 7) is 1.43. The molecule has 158 valence electrons. The fourth-order valence-electron chi connectivity index (χ4n) is 3.84. The molecule has 0 aliphatic carbocycles. The van der Waals surface area contributed by atoms with Gasteiger partial charge in [-0.2, -0.15) is 0 Å². The highest BCUT2D eigenvalue weighted by atomic mass is 35.5. The molecule has 2 aliphatic rings. The van der Waals surface area contributed by atoms with Gasteiger partial charge in [-0.05, 0) is 29.8 Å². The Bertz CT molecular complexity index is 923. The first-order valence-electron chi connectivity index (χ1n) is 9.70. The number of halogens is 1. The molecule has 0 saturated carbocycles. The summed E-state index contributed by atoms with van der Waals surface area (Å²) < 4.78 is 10.9. The Morgan fingerprint density at radius 3 is 2.33 bits per heavy atom. The average Bonchev–Trinajstić information content (AvgIpc) is 3.30. The quantitative estimate of drug-likeness (QED) is 0.740. The van der Waals surface area contributed by atoms with Crippen LogP contribution < -0.4 is 0 Å². The molecular formula is C21H22ClN3O5. The summed E-state index contributed by atoms with van der Waals surface area (Å²) in [6.07, 6.45) is 0.642. The van der Waals surface area contributed by atoms with Crippen LogP contribution in [0.1, 0.15) is 22.2 Å². The van der Waals surface area contributed by atoms with Crippen molar-refractivity contribution >= 4 is 29.3 Å². The van der Waals surface area contributed by atoms with Crippen LogP contribution in [0.4, 0.5) is 0 Å². The number of rotatable bonds is 3. The maximum atomic E-state index is 13.3. The van der Waals surface area contributed by atoms with Crippen LogP contribution in [0.5, 0.6) is 0 Å². The molecule has 3 heterocycles. The van der Waals surface area contributed by atoms with E-state index in [0.29, 0.717) is 31.2 Å². The SMILES string of the molecule is CN1C(=O)CO[C@@H](C(=O)N2CCN(C(=O)c3ccco3)CC2)[C@@H]1c1ccc(Cl)cc1. The number of likely N-dealkylation sites (N-methyl/N-ethyl adjacent to an activating group) is 1. The molecule has 0 spiro atoms. The minimum atomic E-state index is -0.818. The Morgan fingerprint density at radius 1 is 1.03 bits per heavy atom. The van der Waals surface area contributed by atoms with E-state index >= 15 is 0 Å². The maximum absolute atomic E-state index is 13.3. The molecule has 4 rings (SSSR count). The Kier molecular flexibility index (Phi) is 5.78. The van der Waals surface area contributed by atoms with Crippen molar-refractivity contribution in [3.8, 4) is 0 Å². The van der Waals surface area contributed by atoms with Gasteiger partial charge < -0.3 is 23.9 Å². The monoisotopic (exact) mass is 431 g/mol. The van der Waals surface area contributed by atoms with Crippen molar-refractivity contribution in [1.29, 1.82) is 0 Å². The van der Waals surface area contributed by atoms with Gasteiger partial charge in [-0.1, -0.05) is 23.7 Å². The van der Waals surface area contributed by atoms with Crippen molar-refractivity contribution in [3.63, 3.8) is 0 Å². The number of nitrogens with zero attached hydrogens (tertiary/aromatic N) is 3. The largest absolute Gasteiger partial charge is 0.459 e. The zero-order chi connectivity index (χ0) is 21.3. The van der Waals surface area contributed by atoms with Crippen LogP contribution in [0.15, 0.2) is 47.1 Å². The van der Waals surface area contributed by atoms with E-state index in [0.717, 1.165) is 5.56 Å². The second-order valence-electron chi connectivity index (χ2n) is 7.33. The Morgan fingerprint density at radius 2 is 1.70 bits per heavy atom. The number of ether oxygens (including phenoxy) is 1. The predicted octanol–water partition coefficient (Wildman–Crippen LogP) is 1.82. The van der Waals surface area contributed by atoms with E-state index in [4.69, 9.17) is 20.8 Å². The highest BCUT2D eigenvalue weighted by molar-refractivity contribution is 6.30. The topological polar surface area (TPSA) is 83.3 Å². The van der Waals surface area contributed by atoms with E-state index in [1.165, 1.54) is 6.26 Å². The lowest BCUT2D eigenvalue weighted by Gasteiger charge is -2.42. The van der Waals surface area contributed by atoms with Crippen molar-refractivity contribution < 1.29 is 23.5 Å². The van der Waals surface area contributed by atoms with Crippen LogP contribution in [0.2, 0.25) is 5.02 Å². The molecule has 2 atom stereocenters. The number of furan rings is 1. The second-order valence-corrected chi connectivity index (χ2v) is 7.76. The summed E-state index contributed by atoms with van der Waals surface area (Å²) in [4.78, 5) is 42.8. The number of carbonyl (C=O) groups excluding carboxylic acids is 3. The molecule has 9 heteroatoms. The molecule has 2 aliphatic heterocycles. The zero-order valence-corrected chi connectivity index (χ0v) is 17.2. The van der Waals surface area contributed by atoms with Gasteiger partial charge in [0.15, 0.2) is 11.9 Å². The summed E-state index contributed by atoms with van der Waals surface area (Å²) in [5, 5.41) is 0.574. The number of carbonyl (C=O) groups is 3. The third-order valence-electron chi connectivity index (χ3n) is 5.55. The lowest BCUT2D eigenvalue weighted by Crippen LogP contribution is -2.57. The number of morpholine rings is 1. The summed E-state index contributed by atoms with van der Waals surface area (Å²) in [5.74, 6) is -0.286. The lowest BCUT2D eigenvalue weighted by atomic mass is 9.97. The summed E-state index contributed by atoms with van der Waals surface area (Å²) in [5.41, 5.74) is 0.778. The number of piperazine rings is 1. The van der Waals surface area contributed by atoms with Gasteiger partial charge in [-0.3, -0.25) is 14.4 Å². The molecular weight excluding hydrogens is 410 g/mol. The zero-order valence-electron chi connectivity index (χ0n) is 16.5. The van der Waals surface area contributed by atoms with Crippen LogP contribution in [0.25, 0.3) is 0 Å². The summed E-state index contributed by atoms with van der Waals surface area (Å²) >= 11 is 5.99. The van der Waals surface area contributed by atoms with Crippen LogP contribution in [-0.4, -0.2) is 78.4 Å². The number of hydrogen-bond donors (Lipinski definition) is 0. The van der Waals surface area contributed by atoms with Gasteiger partial charge in [0, 0.05) is 38.2 Å². The minimum absolute atomic E-state index is 0.145. The molecule has 8 nitrogen and oxygen atoms in total. The number of hydrogen-bond acceptors (Lipinski definition) is 5. The first-order valence-corrected chi connectivity index (χ1v) is 10.1. The van der Waals surface area contributed by atoms with Crippen LogP contribution >= 0.6 is 11.6 Å². The third-order valence-corrected chi connectivity index (χ3v) is 5.80. The van der Waals surface area contributed by atoms with Crippen LogP contribution in [0.3, 0.4) is 0 Å². The van der Waals surface area contributed by atoms with E-state index in [2.05, 4.69) is 0 Å². The van der Waals surface area contributed by atoms with Crippen molar-refractivity contribution in [3.05, 3.63) is 59.0 Å². The molecule has 30 heavy (non-hydrogen) atoms. The lowest BCUT2D eigenvalue weighted by molar-refractivity contribution is -0.168. The molecule has 1 aromatic heterocycles. The van der Waals surface area contributed by atoms with Crippen LogP contribution in [-0.2, 0) is 14.3 Å². The highest BCUT2D eigenvalue weighted by Gasteiger charge is 2.42. The molecule has 2 saturated heterocycles. The minimum Gasteiger partial charge on any atom is -0.459 e. The van der Waals surface area contributed by atoms with Crippen LogP contribution in [0, 0.1) is 0 Å². The molecule has 1 aromatic carbocycles. The average molecular weight is 432 g/mol. The molecule has 0 N–H and O–H groups in total. The smallest absolute Gasteiger partial charge is 0.289 e. The third kappa shape index (κ3) is 3.93. The van der Waals surface area contributed by atoms with Crippen molar-refractivity contribution in [2.75, 3.05) is 39.8 Å². The van der Waals surface area contributed by atoms with E-state index in [9.17, 15) is 14.4 Å². The van der Waals surface area contributed by atoms with Gasteiger partial charge >= 0.3 is 0 Å². The number of benzene rings is 1. The van der Waals surface area contributed by atoms with E-state index < -0.39 is 12.1 Å². The first kappa shape index (κ1) is 20.4. The molecule has 0 unspecified atom stereocenters. The molecule has 2 aromatic rings. The Labute approximate surface area is 178 Å². The first-order chi connectivity index (χ1) is 14.5. The van der Waals surface area contributed by atoms with E-state index in [1.807, 2.05) is 0 Å². The number of amides is 3. The molecule has 2 fully saturated rings. The Hall–Kier alpha value is -2.84. The van der Waals surface area contributed by atoms with Gasteiger partial charge in [-0.25, -0.2) is 0 Å². The van der Waals surface area contributed by atoms with Gasteiger partial charge in [0.25, 0.3) is 11.8 Å². The summed E-state index contributed by atoms with van der Waals surface area (Å²) in [7, 11) is 1.67. The molecule has 0 bridgehead atoms. The molecule has 0 radical (unpaired) electrons. The van der Waals surface area contributed by atoms with Gasteiger partial charge in [0.2, 0.25) is 5.91 Å². The normalized spacial score (nSPS) is 22.3. The maximum Gasteiger partial charge on any atom is 0.289 e. The van der Waals surface area contributed by atoms with Crippen molar-refractivity contribution in [1.82, 2.24) is 14.7 Å². The Balaban J connectivity index is 1.47. The fraction of sp³-hybridized carbons (Fsp3) is 0.381. The van der Waals surface area contributed by atoms with Gasteiger partial charge in [0.1, 0.15) is 6.61 Å². The second kappa shape index (κ2) is 8.49. The van der Waals surface area contributed by atoms with Gasteiger partial charge in [-0.15, -0.1) is 0 Å². The molecule has 3 amide bonds. The van der Waals surface area contributed by atoms with Crippen molar-refractivity contribution in [2.45, 2.75) is 12.1 Å². The van der Waals surface area contributed by atoms with E-state index in [-0.39, 0.29) is 30.1 Å². The predicted molar refractivity (Wildman–Crippen MR) is 108 cm³/mol. The van der Waals surface area contributed by atoms with Gasteiger partial charge in [0.05, 0.1) is 12.3 Å². The standard InChI is InChI=1S/C21H22ClN3O5/c1-23-17(26)13-30-19(18(23)14-4-6-15(22)7-5-14)21(28)25-10-8-24(9-11-25)20(27)16-3-2-12-29-16/h2-7,12,18-19H,8-11,13H2,1H3/t18-,19+/m0/s1. The summed E-state index contributed by atoms with van der Waals surface area (Å²) in [6, 6.07) is 9.80. The fourth-order valence-corrected chi connectivity index (χ4v) is 3.97. The van der Waals surface area contributed by atoms with Crippen molar-refractivity contribution in [2.24, 2.45) is 0 Å². The highest BCUT2D eigenvalue weighted by Crippen LogP contribution is 2.31. The van der Waals surface area contributed by atoms with E-state index in [1.54, 1.807) is 58.1 Å².